The summed E-state index contributed by atoms with van der Waals surface area (Å²) in [7, 11) is 0. The maximum atomic E-state index is 13.4. The highest BCUT2D eigenvalue weighted by molar-refractivity contribution is 6.31. The zero-order valence-corrected chi connectivity index (χ0v) is 21.6. The molecule has 1 amide bonds. The zero-order chi connectivity index (χ0) is 26.9. The number of carbonyl (C=O) groups excluding carboxylic acids is 1. The second-order valence-corrected chi connectivity index (χ2v) is 10.5. The molecule has 2 heterocycles. The van der Waals surface area contributed by atoms with Gasteiger partial charge in [-0.3, -0.25) is 4.79 Å². The van der Waals surface area contributed by atoms with E-state index in [1.165, 1.54) is 36.4 Å². The lowest BCUT2D eigenvalue weighted by molar-refractivity contribution is -0.137. The third-order valence-electron chi connectivity index (χ3n) is 7.84. The molecule has 1 fully saturated rings. The smallest absolute Gasteiger partial charge is 0.331 e. The molecular weight excluding hydrogens is 516 g/mol. The number of hydrogen-bond acceptors (Lipinski definition) is 2. The van der Waals surface area contributed by atoms with Crippen LogP contribution in [0.2, 0.25) is 5.02 Å². The second-order valence-electron chi connectivity index (χ2n) is 10.1. The first-order valence-corrected chi connectivity index (χ1v) is 13.3. The molecule has 1 unspecified atom stereocenters. The first-order chi connectivity index (χ1) is 18.2. The fourth-order valence-corrected chi connectivity index (χ4v) is 6.06. The molecule has 0 bridgehead atoms. The van der Waals surface area contributed by atoms with Crippen molar-refractivity contribution in [1.29, 1.82) is 0 Å². The summed E-state index contributed by atoms with van der Waals surface area (Å²) in [5, 5.41) is 0.697. The highest BCUT2D eigenvalue weighted by atomic mass is 35.5. The molecule has 2 aliphatic heterocycles. The third-order valence-corrected chi connectivity index (χ3v) is 8.19. The van der Waals surface area contributed by atoms with Crippen LogP contribution < -0.4 is 0 Å². The molecule has 2 aliphatic rings. The third kappa shape index (κ3) is 5.74. The highest BCUT2D eigenvalue weighted by Gasteiger charge is 2.34. The summed E-state index contributed by atoms with van der Waals surface area (Å²) in [6, 6.07) is 16.9. The molecule has 0 aromatic heterocycles. The normalized spacial score (nSPS) is 18.9. The van der Waals surface area contributed by atoms with Crippen LogP contribution in [0, 0.1) is 5.82 Å². The van der Waals surface area contributed by atoms with E-state index >= 15 is 0 Å². The Morgan fingerprint density at radius 1 is 0.947 bits per heavy atom. The van der Waals surface area contributed by atoms with E-state index < -0.39 is 11.7 Å². The van der Waals surface area contributed by atoms with Crippen LogP contribution in [0.5, 0.6) is 0 Å². The summed E-state index contributed by atoms with van der Waals surface area (Å²) in [5.41, 5.74) is 2.69. The number of hydrogen-bond donors (Lipinski definition) is 0. The van der Waals surface area contributed by atoms with Crippen LogP contribution in [0.4, 0.5) is 17.6 Å². The van der Waals surface area contributed by atoms with E-state index in [9.17, 15) is 22.4 Å². The minimum absolute atomic E-state index is 0.0966. The second kappa shape index (κ2) is 11.1. The highest BCUT2D eigenvalue weighted by Crippen LogP contribution is 2.38. The fourth-order valence-electron chi connectivity index (χ4n) is 5.78. The first kappa shape index (κ1) is 26.7. The average Bonchev–Trinajstić information content (AvgIpc) is 2.92. The van der Waals surface area contributed by atoms with E-state index in [1.54, 1.807) is 6.07 Å². The number of amides is 1. The van der Waals surface area contributed by atoms with Gasteiger partial charge in [0.25, 0.3) is 5.91 Å². The summed E-state index contributed by atoms with van der Waals surface area (Å²) in [6.45, 7) is 2.83. The predicted octanol–water partition coefficient (Wildman–Crippen LogP) is 7.51. The van der Waals surface area contributed by atoms with E-state index in [0.29, 0.717) is 30.0 Å². The van der Waals surface area contributed by atoms with Crippen LogP contribution in [-0.2, 0) is 12.6 Å². The van der Waals surface area contributed by atoms with Gasteiger partial charge in [-0.25, -0.2) is 4.39 Å². The van der Waals surface area contributed by atoms with Gasteiger partial charge in [-0.15, -0.1) is 0 Å². The quantitative estimate of drug-likeness (QED) is 0.310. The monoisotopic (exact) mass is 544 g/mol. The number of halogens is 5. The van der Waals surface area contributed by atoms with Crippen molar-refractivity contribution < 1.29 is 22.4 Å². The maximum Gasteiger partial charge on any atom is 0.416 e. The minimum Gasteiger partial charge on any atom is -0.331 e. The minimum atomic E-state index is -4.34. The van der Waals surface area contributed by atoms with Crippen molar-refractivity contribution in [3.05, 3.63) is 105 Å². The number of carbonyl (C=O) groups is 1. The molecule has 1 atom stereocenters. The predicted molar refractivity (Wildman–Crippen MR) is 140 cm³/mol. The molecule has 3 nitrogen and oxygen atoms in total. The molecule has 3 aromatic rings. The number of likely N-dealkylation sites (tertiary alicyclic amines) is 1. The van der Waals surface area contributed by atoms with Gasteiger partial charge in [-0.05, 0) is 97.8 Å². The molecule has 5 rings (SSSR count). The van der Waals surface area contributed by atoms with Gasteiger partial charge in [-0.1, -0.05) is 41.9 Å². The van der Waals surface area contributed by atoms with Gasteiger partial charge >= 0.3 is 6.18 Å². The lowest BCUT2D eigenvalue weighted by Crippen LogP contribution is -2.42. The molecule has 0 saturated carbocycles. The molecule has 0 N–H and O–H groups in total. The fraction of sp³-hybridized carbons (Fsp3) is 0.367. The standard InChI is InChI=1S/C30H29ClF4N2O/c31-27-6-2-5-26-25(27)13-18-37(29(38)21-7-9-24(32)10-8-21)28(26)14-17-36-15-11-20(12-16-36)22-3-1-4-23(19-22)30(33,34)35/h1-10,19-20,28H,11-18H2. The largest absolute Gasteiger partial charge is 0.416 e. The molecule has 0 spiro atoms. The van der Waals surface area contributed by atoms with Crippen LogP contribution >= 0.6 is 11.6 Å². The SMILES string of the molecule is O=C(c1ccc(F)cc1)N1CCc2c(Cl)cccc2C1CCN1CCC(c2cccc(C(F)(F)F)c2)CC1. The number of nitrogens with zero attached hydrogens (tertiary/aromatic N) is 2. The Kier molecular flexibility index (Phi) is 7.78. The summed E-state index contributed by atoms with van der Waals surface area (Å²) in [5.74, 6) is -0.425. The number of piperidine rings is 1. The van der Waals surface area contributed by atoms with Crippen LogP contribution in [-0.4, -0.2) is 41.9 Å². The van der Waals surface area contributed by atoms with Gasteiger partial charge in [0, 0.05) is 23.7 Å². The first-order valence-electron chi connectivity index (χ1n) is 12.9. The van der Waals surface area contributed by atoms with Gasteiger partial charge in [0.05, 0.1) is 11.6 Å². The summed E-state index contributed by atoms with van der Waals surface area (Å²) >= 11 is 6.51. The Hall–Kier alpha value is -2.90. The van der Waals surface area contributed by atoms with Crippen molar-refractivity contribution in [2.24, 2.45) is 0 Å². The maximum absolute atomic E-state index is 13.4. The molecule has 8 heteroatoms. The summed E-state index contributed by atoms with van der Waals surface area (Å²) in [4.78, 5) is 17.6. The van der Waals surface area contributed by atoms with E-state index in [0.717, 1.165) is 55.2 Å². The number of benzene rings is 3. The van der Waals surface area contributed by atoms with Crippen LogP contribution in [0.25, 0.3) is 0 Å². The molecule has 0 aliphatic carbocycles. The Labute approximate surface area is 225 Å². The Bertz CT molecular complexity index is 1290. The van der Waals surface area contributed by atoms with E-state index in [2.05, 4.69) is 4.90 Å². The number of fused-ring (bicyclic) bond motifs is 1. The summed E-state index contributed by atoms with van der Waals surface area (Å²) < 4.78 is 52.9. The van der Waals surface area contributed by atoms with Crippen molar-refractivity contribution in [3.8, 4) is 0 Å². The molecule has 3 aromatic carbocycles. The van der Waals surface area contributed by atoms with E-state index in [-0.39, 0.29) is 23.7 Å². The van der Waals surface area contributed by atoms with Crippen molar-refractivity contribution >= 4 is 17.5 Å². The molecule has 200 valence electrons. The van der Waals surface area contributed by atoms with Crippen LogP contribution in [0.3, 0.4) is 0 Å². The zero-order valence-electron chi connectivity index (χ0n) is 20.9. The topological polar surface area (TPSA) is 23.6 Å². The van der Waals surface area contributed by atoms with Gasteiger partial charge in [-0.2, -0.15) is 13.2 Å². The van der Waals surface area contributed by atoms with Crippen molar-refractivity contribution in [2.45, 2.75) is 43.8 Å². The number of alkyl halides is 3. The average molecular weight is 545 g/mol. The lowest BCUT2D eigenvalue weighted by Gasteiger charge is -2.40. The van der Waals surface area contributed by atoms with Crippen molar-refractivity contribution in [3.63, 3.8) is 0 Å². The lowest BCUT2D eigenvalue weighted by atomic mass is 9.87. The molecule has 38 heavy (non-hydrogen) atoms. The van der Waals surface area contributed by atoms with E-state index in [4.69, 9.17) is 11.6 Å². The van der Waals surface area contributed by atoms with Crippen molar-refractivity contribution in [1.82, 2.24) is 9.80 Å². The molecule has 0 radical (unpaired) electrons. The number of rotatable bonds is 5. The van der Waals surface area contributed by atoms with Crippen molar-refractivity contribution in [2.75, 3.05) is 26.2 Å². The van der Waals surface area contributed by atoms with Gasteiger partial charge in [0.15, 0.2) is 0 Å². The summed E-state index contributed by atoms with van der Waals surface area (Å²) in [6.07, 6.45) is -1.42. The van der Waals surface area contributed by atoms with Gasteiger partial charge in [0.1, 0.15) is 5.82 Å². The van der Waals surface area contributed by atoms with Gasteiger partial charge < -0.3 is 9.80 Å². The van der Waals surface area contributed by atoms with Gasteiger partial charge in [0.2, 0.25) is 0 Å². The van der Waals surface area contributed by atoms with Crippen LogP contribution in [0.15, 0.2) is 66.7 Å². The Morgan fingerprint density at radius 3 is 2.37 bits per heavy atom. The van der Waals surface area contributed by atoms with Crippen LogP contribution in [0.1, 0.15) is 63.8 Å². The Balaban J connectivity index is 1.28. The molecular formula is C30H29ClF4N2O. The van der Waals surface area contributed by atoms with E-state index in [1.807, 2.05) is 23.1 Å². The molecule has 1 saturated heterocycles. The Morgan fingerprint density at radius 2 is 1.66 bits per heavy atom.